The molecule has 2 bridgehead atoms. The summed E-state index contributed by atoms with van der Waals surface area (Å²) in [5.41, 5.74) is -0.961. The minimum atomic E-state index is -0.961. The standard InChI is InChI=1S/C20H30N2O3/c1-14-4-6-15(7-5-14)21-19(23)13-22-16-8-9-17(22)20(24,11-10-16)18-3-2-12-25-18/h2-3,12,14-17,24H,4-11,13H2,1H3,(H,21,23). The van der Waals surface area contributed by atoms with Crippen LogP contribution >= 0.6 is 0 Å². The minimum Gasteiger partial charge on any atom is -0.466 e. The molecule has 0 aromatic carbocycles. The number of nitrogens with zero attached hydrogens (tertiary/aromatic N) is 1. The van der Waals surface area contributed by atoms with Crippen LogP contribution in [0.3, 0.4) is 0 Å². The highest BCUT2D eigenvalue weighted by Crippen LogP contribution is 2.46. The molecule has 1 aromatic heterocycles. The zero-order chi connectivity index (χ0) is 17.4. The highest BCUT2D eigenvalue weighted by Gasteiger charge is 2.53. The number of carbonyl (C=O) groups is 1. The van der Waals surface area contributed by atoms with Gasteiger partial charge in [0.2, 0.25) is 5.91 Å². The first kappa shape index (κ1) is 17.1. The average Bonchev–Trinajstić information content (AvgIpc) is 3.22. The monoisotopic (exact) mass is 346 g/mol. The second-order valence-electron chi connectivity index (χ2n) is 8.38. The summed E-state index contributed by atoms with van der Waals surface area (Å²) in [4.78, 5) is 14.8. The van der Waals surface area contributed by atoms with Crippen LogP contribution in [0.1, 0.15) is 64.1 Å². The fourth-order valence-electron chi connectivity index (χ4n) is 5.21. The lowest BCUT2D eigenvalue weighted by molar-refractivity contribution is -0.131. The molecule has 138 valence electrons. The van der Waals surface area contributed by atoms with Crippen LogP contribution in [0, 0.1) is 5.92 Å². The molecule has 0 spiro atoms. The highest BCUT2D eigenvalue weighted by molar-refractivity contribution is 5.78. The second kappa shape index (κ2) is 6.76. The van der Waals surface area contributed by atoms with Crippen molar-refractivity contribution in [2.75, 3.05) is 6.54 Å². The van der Waals surface area contributed by atoms with Gasteiger partial charge in [-0.3, -0.25) is 9.69 Å². The number of amides is 1. The molecule has 1 aromatic rings. The number of hydrogen-bond donors (Lipinski definition) is 2. The lowest BCUT2D eigenvalue weighted by Crippen LogP contribution is -2.56. The molecule has 3 fully saturated rings. The van der Waals surface area contributed by atoms with Crippen LogP contribution in [0.15, 0.2) is 22.8 Å². The van der Waals surface area contributed by atoms with Gasteiger partial charge < -0.3 is 14.8 Å². The number of fused-ring (bicyclic) bond motifs is 2. The number of hydrogen-bond acceptors (Lipinski definition) is 4. The number of carbonyl (C=O) groups excluding carboxylic acids is 1. The Labute approximate surface area is 149 Å². The maximum absolute atomic E-state index is 12.6. The van der Waals surface area contributed by atoms with Gasteiger partial charge in [0.15, 0.2) is 0 Å². The molecule has 2 N–H and O–H groups in total. The molecule has 0 radical (unpaired) electrons. The number of nitrogens with one attached hydrogen (secondary N) is 1. The number of piperidine rings is 1. The van der Waals surface area contributed by atoms with E-state index in [2.05, 4.69) is 17.1 Å². The normalized spacial score (nSPS) is 38.6. The van der Waals surface area contributed by atoms with E-state index in [0.29, 0.717) is 30.8 Å². The van der Waals surface area contributed by atoms with E-state index in [9.17, 15) is 9.90 Å². The Hall–Kier alpha value is -1.33. The Morgan fingerprint density at radius 3 is 2.80 bits per heavy atom. The van der Waals surface area contributed by atoms with Crippen molar-refractivity contribution in [1.82, 2.24) is 10.2 Å². The average molecular weight is 346 g/mol. The van der Waals surface area contributed by atoms with Gasteiger partial charge in [-0.1, -0.05) is 6.92 Å². The first-order valence-electron chi connectivity index (χ1n) is 9.88. The van der Waals surface area contributed by atoms with Gasteiger partial charge in [-0.15, -0.1) is 0 Å². The Morgan fingerprint density at radius 2 is 2.08 bits per heavy atom. The SMILES string of the molecule is CC1CCC(NC(=O)CN2C3CCC2C(O)(c2ccco2)CC3)CC1. The van der Waals surface area contributed by atoms with Crippen molar-refractivity contribution in [2.24, 2.45) is 5.92 Å². The molecule has 3 aliphatic rings. The fraction of sp³-hybridized carbons (Fsp3) is 0.750. The summed E-state index contributed by atoms with van der Waals surface area (Å²) in [6.45, 7) is 2.68. The summed E-state index contributed by atoms with van der Waals surface area (Å²) in [6.07, 6.45) is 9.84. The summed E-state index contributed by atoms with van der Waals surface area (Å²) >= 11 is 0. The third-order valence-corrected chi connectivity index (χ3v) is 6.71. The highest BCUT2D eigenvalue weighted by atomic mass is 16.4. The van der Waals surface area contributed by atoms with E-state index in [1.165, 1.54) is 12.8 Å². The molecule has 25 heavy (non-hydrogen) atoms. The maximum Gasteiger partial charge on any atom is 0.234 e. The van der Waals surface area contributed by atoms with Gasteiger partial charge in [0.05, 0.1) is 12.8 Å². The quantitative estimate of drug-likeness (QED) is 0.880. The Bertz CT molecular complexity index is 594. The van der Waals surface area contributed by atoms with Gasteiger partial charge in [0.25, 0.3) is 0 Å². The lowest BCUT2D eigenvalue weighted by Gasteiger charge is -2.44. The van der Waals surface area contributed by atoms with Crippen LogP contribution in [-0.4, -0.2) is 40.6 Å². The summed E-state index contributed by atoms with van der Waals surface area (Å²) in [6, 6.07) is 4.41. The number of rotatable bonds is 4. The Kier molecular flexibility index (Phi) is 4.63. The molecule has 3 atom stereocenters. The topological polar surface area (TPSA) is 65.7 Å². The molecule has 4 rings (SSSR count). The molecule has 1 saturated carbocycles. The molecule has 3 heterocycles. The van der Waals surface area contributed by atoms with Crippen molar-refractivity contribution >= 4 is 5.91 Å². The molecule has 2 saturated heterocycles. The molecule has 2 aliphatic heterocycles. The van der Waals surface area contributed by atoms with Crippen LogP contribution in [0.25, 0.3) is 0 Å². The largest absolute Gasteiger partial charge is 0.466 e. The van der Waals surface area contributed by atoms with Crippen LogP contribution in [-0.2, 0) is 10.4 Å². The van der Waals surface area contributed by atoms with Gasteiger partial charge >= 0.3 is 0 Å². The fourth-order valence-corrected chi connectivity index (χ4v) is 5.21. The summed E-state index contributed by atoms with van der Waals surface area (Å²) in [7, 11) is 0. The molecule has 5 nitrogen and oxygen atoms in total. The first-order valence-corrected chi connectivity index (χ1v) is 9.88. The van der Waals surface area contributed by atoms with Crippen molar-refractivity contribution in [3.8, 4) is 0 Å². The summed E-state index contributed by atoms with van der Waals surface area (Å²) in [5, 5.41) is 14.5. The molecule has 3 unspecified atom stereocenters. The molecule has 1 aliphatic carbocycles. The van der Waals surface area contributed by atoms with E-state index >= 15 is 0 Å². The van der Waals surface area contributed by atoms with E-state index in [-0.39, 0.29) is 11.9 Å². The summed E-state index contributed by atoms with van der Waals surface area (Å²) in [5.74, 6) is 1.54. The number of aliphatic hydroxyl groups is 1. The van der Waals surface area contributed by atoms with E-state index in [4.69, 9.17) is 4.42 Å². The van der Waals surface area contributed by atoms with Crippen LogP contribution < -0.4 is 5.32 Å². The Morgan fingerprint density at radius 1 is 1.28 bits per heavy atom. The van der Waals surface area contributed by atoms with Gasteiger partial charge in [-0.2, -0.15) is 0 Å². The molecular formula is C20H30N2O3. The lowest BCUT2D eigenvalue weighted by atomic mass is 9.83. The summed E-state index contributed by atoms with van der Waals surface area (Å²) < 4.78 is 5.53. The van der Waals surface area contributed by atoms with Crippen molar-refractivity contribution in [3.05, 3.63) is 24.2 Å². The van der Waals surface area contributed by atoms with Crippen LogP contribution in [0.4, 0.5) is 0 Å². The van der Waals surface area contributed by atoms with Gasteiger partial charge in [-0.25, -0.2) is 0 Å². The predicted molar refractivity (Wildman–Crippen MR) is 94.9 cm³/mol. The molecule has 5 heteroatoms. The third kappa shape index (κ3) is 3.24. The van der Waals surface area contributed by atoms with Crippen molar-refractivity contribution in [2.45, 2.75) is 82.0 Å². The van der Waals surface area contributed by atoms with Crippen molar-refractivity contribution in [3.63, 3.8) is 0 Å². The predicted octanol–water partition coefficient (Wildman–Crippen LogP) is 2.79. The van der Waals surface area contributed by atoms with Crippen molar-refractivity contribution < 1.29 is 14.3 Å². The zero-order valence-corrected chi connectivity index (χ0v) is 15.1. The smallest absolute Gasteiger partial charge is 0.234 e. The van der Waals surface area contributed by atoms with Crippen LogP contribution in [0.5, 0.6) is 0 Å². The zero-order valence-electron chi connectivity index (χ0n) is 15.1. The van der Waals surface area contributed by atoms with Crippen molar-refractivity contribution in [1.29, 1.82) is 0 Å². The minimum absolute atomic E-state index is 0.0190. The van der Waals surface area contributed by atoms with Gasteiger partial charge in [-0.05, 0) is 69.4 Å². The second-order valence-corrected chi connectivity index (χ2v) is 8.38. The molecule has 1 amide bonds. The van der Waals surface area contributed by atoms with E-state index in [1.54, 1.807) is 6.26 Å². The van der Waals surface area contributed by atoms with Gasteiger partial charge in [0.1, 0.15) is 11.4 Å². The van der Waals surface area contributed by atoms with Gasteiger partial charge in [0, 0.05) is 18.1 Å². The Balaban J connectivity index is 1.41. The van der Waals surface area contributed by atoms with E-state index in [1.807, 2.05) is 12.1 Å². The first-order chi connectivity index (χ1) is 12.1. The maximum atomic E-state index is 12.6. The van der Waals surface area contributed by atoms with E-state index < -0.39 is 5.60 Å². The third-order valence-electron chi connectivity index (χ3n) is 6.71. The molecular weight excluding hydrogens is 316 g/mol. The van der Waals surface area contributed by atoms with Crippen LogP contribution in [0.2, 0.25) is 0 Å². The number of furan rings is 1. The van der Waals surface area contributed by atoms with E-state index in [0.717, 1.165) is 38.0 Å².